The molecule has 2 aromatic carbocycles. The number of ether oxygens (including phenoxy) is 1. The summed E-state index contributed by atoms with van der Waals surface area (Å²) in [6.07, 6.45) is 2.43. The molecule has 0 atom stereocenters. The van der Waals surface area contributed by atoms with E-state index in [0.29, 0.717) is 23.1 Å². The highest BCUT2D eigenvalue weighted by molar-refractivity contribution is 5.72. The molecule has 0 aliphatic heterocycles. The predicted octanol–water partition coefficient (Wildman–Crippen LogP) is 4.16. The van der Waals surface area contributed by atoms with E-state index >= 15 is 0 Å². The van der Waals surface area contributed by atoms with Crippen molar-refractivity contribution in [1.82, 2.24) is 9.97 Å². The van der Waals surface area contributed by atoms with Gasteiger partial charge in [0.1, 0.15) is 17.8 Å². The predicted molar refractivity (Wildman–Crippen MR) is 92.1 cm³/mol. The van der Waals surface area contributed by atoms with Crippen LogP contribution in [0.5, 0.6) is 11.6 Å². The van der Waals surface area contributed by atoms with Crippen molar-refractivity contribution in [3.63, 3.8) is 0 Å². The number of nitrogens with one attached hydrogen (secondary N) is 1. The number of nitrogens with two attached hydrogens (primary N) is 1. The van der Waals surface area contributed by atoms with E-state index in [-0.39, 0.29) is 0 Å². The fraction of sp³-hybridized carbons (Fsp3) is 0.111. The van der Waals surface area contributed by atoms with Gasteiger partial charge in [-0.15, -0.1) is 0 Å². The van der Waals surface area contributed by atoms with E-state index in [1.54, 1.807) is 0 Å². The first-order chi connectivity index (χ1) is 11.3. The van der Waals surface area contributed by atoms with Gasteiger partial charge >= 0.3 is 0 Å². The van der Waals surface area contributed by atoms with Gasteiger partial charge in [0.15, 0.2) is 5.82 Å². The molecule has 23 heavy (non-hydrogen) atoms. The van der Waals surface area contributed by atoms with E-state index in [1.165, 1.54) is 11.9 Å². The highest BCUT2D eigenvalue weighted by Gasteiger charge is 2.10. The van der Waals surface area contributed by atoms with E-state index in [9.17, 15) is 0 Å². The van der Waals surface area contributed by atoms with E-state index in [4.69, 9.17) is 10.5 Å². The van der Waals surface area contributed by atoms with Gasteiger partial charge in [-0.2, -0.15) is 4.98 Å². The number of para-hydroxylation sites is 1. The van der Waals surface area contributed by atoms with Crippen LogP contribution in [0.15, 0.2) is 60.9 Å². The quantitative estimate of drug-likeness (QED) is 0.740. The van der Waals surface area contributed by atoms with Gasteiger partial charge in [-0.1, -0.05) is 37.3 Å². The minimum Gasteiger partial charge on any atom is -0.437 e. The second-order valence-electron chi connectivity index (χ2n) is 5.03. The molecule has 0 unspecified atom stereocenters. The Morgan fingerprint density at radius 2 is 1.74 bits per heavy atom. The monoisotopic (exact) mass is 306 g/mol. The third kappa shape index (κ3) is 3.58. The summed E-state index contributed by atoms with van der Waals surface area (Å²) < 4.78 is 5.71. The van der Waals surface area contributed by atoms with Crippen LogP contribution in [0.3, 0.4) is 0 Å². The van der Waals surface area contributed by atoms with Crippen LogP contribution in [-0.4, -0.2) is 9.97 Å². The molecule has 0 saturated carbocycles. The van der Waals surface area contributed by atoms with Crippen molar-refractivity contribution >= 4 is 17.2 Å². The maximum absolute atomic E-state index is 6.12. The molecule has 0 amide bonds. The number of aromatic nitrogens is 2. The zero-order chi connectivity index (χ0) is 16.1. The number of hydrogen-bond donors (Lipinski definition) is 2. The molecule has 0 radical (unpaired) electrons. The summed E-state index contributed by atoms with van der Waals surface area (Å²) in [5, 5.41) is 3.19. The summed E-state index contributed by atoms with van der Waals surface area (Å²) in [5.41, 5.74) is 8.69. The Bertz CT molecular complexity index is 773. The van der Waals surface area contributed by atoms with Crippen molar-refractivity contribution in [3.8, 4) is 11.6 Å². The number of nitrogen functional groups attached to an aromatic ring is 1. The van der Waals surface area contributed by atoms with Crippen LogP contribution in [-0.2, 0) is 6.42 Å². The molecule has 0 aliphatic carbocycles. The molecule has 3 rings (SSSR count). The second kappa shape index (κ2) is 6.79. The summed E-state index contributed by atoms with van der Waals surface area (Å²) in [6, 6.07) is 17.5. The topological polar surface area (TPSA) is 73.1 Å². The fourth-order valence-electron chi connectivity index (χ4n) is 2.12. The van der Waals surface area contributed by atoms with Gasteiger partial charge in [0.05, 0.1) is 0 Å². The standard InChI is InChI=1S/C18H18N4O/c1-2-13-8-10-14(11-9-13)22-17-16(19)18(21-12-20-17)23-15-6-4-3-5-7-15/h3-12H,2,19H2,1H3,(H,20,21,22). The van der Waals surface area contributed by atoms with Crippen molar-refractivity contribution in [2.75, 3.05) is 11.1 Å². The highest BCUT2D eigenvalue weighted by atomic mass is 16.5. The average Bonchev–Trinajstić information content (AvgIpc) is 2.60. The van der Waals surface area contributed by atoms with E-state index in [1.807, 2.05) is 42.5 Å². The zero-order valence-electron chi connectivity index (χ0n) is 12.9. The van der Waals surface area contributed by atoms with Crippen LogP contribution in [0.25, 0.3) is 0 Å². The number of aryl methyl sites for hydroxylation is 1. The van der Waals surface area contributed by atoms with Crippen LogP contribution in [0.4, 0.5) is 17.2 Å². The first-order valence-corrected chi connectivity index (χ1v) is 7.45. The van der Waals surface area contributed by atoms with Crippen molar-refractivity contribution in [2.24, 2.45) is 0 Å². The molecular formula is C18H18N4O. The summed E-state index contributed by atoms with van der Waals surface area (Å²) in [6.45, 7) is 2.12. The largest absolute Gasteiger partial charge is 0.437 e. The normalized spacial score (nSPS) is 10.3. The molecule has 1 heterocycles. The number of nitrogens with zero attached hydrogens (tertiary/aromatic N) is 2. The Morgan fingerprint density at radius 1 is 1.00 bits per heavy atom. The Kier molecular flexibility index (Phi) is 4.38. The van der Waals surface area contributed by atoms with Crippen LogP contribution < -0.4 is 15.8 Å². The lowest BCUT2D eigenvalue weighted by Crippen LogP contribution is -2.03. The van der Waals surface area contributed by atoms with Gasteiger partial charge in [0.2, 0.25) is 5.88 Å². The Balaban J connectivity index is 1.81. The molecule has 116 valence electrons. The number of anilines is 3. The molecule has 0 fully saturated rings. The molecule has 1 aromatic heterocycles. The summed E-state index contributed by atoms with van der Waals surface area (Å²) in [7, 11) is 0. The minimum atomic E-state index is 0.332. The van der Waals surface area contributed by atoms with E-state index < -0.39 is 0 Å². The van der Waals surface area contributed by atoms with E-state index in [2.05, 4.69) is 34.3 Å². The number of benzene rings is 2. The summed E-state index contributed by atoms with van der Waals surface area (Å²) in [4.78, 5) is 8.30. The smallest absolute Gasteiger partial charge is 0.248 e. The van der Waals surface area contributed by atoms with Gasteiger partial charge in [0, 0.05) is 5.69 Å². The zero-order valence-corrected chi connectivity index (χ0v) is 12.9. The van der Waals surface area contributed by atoms with Gasteiger partial charge in [0.25, 0.3) is 0 Å². The van der Waals surface area contributed by atoms with Crippen LogP contribution in [0.2, 0.25) is 0 Å². The van der Waals surface area contributed by atoms with E-state index in [0.717, 1.165) is 12.1 Å². The summed E-state index contributed by atoms with van der Waals surface area (Å²) >= 11 is 0. The van der Waals surface area contributed by atoms with Gasteiger partial charge < -0.3 is 15.8 Å². The average molecular weight is 306 g/mol. The second-order valence-corrected chi connectivity index (χ2v) is 5.03. The molecule has 3 aromatic rings. The van der Waals surface area contributed by atoms with Crippen molar-refractivity contribution in [3.05, 3.63) is 66.5 Å². The SMILES string of the molecule is CCc1ccc(Nc2ncnc(Oc3ccccc3)c2N)cc1. The maximum atomic E-state index is 6.12. The maximum Gasteiger partial charge on any atom is 0.248 e. The lowest BCUT2D eigenvalue weighted by atomic mass is 10.1. The Hall–Kier alpha value is -3.08. The molecule has 0 saturated heterocycles. The van der Waals surface area contributed by atoms with Gasteiger partial charge in [-0.05, 0) is 36.2 Å². The van der Waals surface area contributed by atoms with Crippen LogP contribution in [0.1, 0.15) is 12.5 Å². The molecule has 3 N–H and O–H groups in total. The first-order valence-electron chi connectivity index (χ1n) is 7.45. The van der Waals surface area contributed by atoms with Gasteiger partial charge in [-0.25, -0.2) is 4.98 Å². The molecule has 0 aliphatic rings. The minimum absolute atomic E-state index is 0.332. The van der Waals surface area contributed by atoms with Gasteiger partial charge in [-0.3, -0.25) is 0 Å². The Morgan fingerprint density at radius 3 is 2.43 bits per heavy atom. The third-order valence-electron chi connectivity index (χ3n) is 3.43. The molecule has 5 nitrogen and oxygen atoms in total. The third-order valence-corrected chi connectivity index (χ3v) is 3.43. The number of hydrogen-bond acceptors (Lipinski definition) is 5. The van der Waals surface area contributed by atoms with Crippen molar-refractivity contribution in [1.29, 1.82) is 0 Å². The summed E-state index contributed by atoms with van der Waals surface area (Å²) in [5.74, 6) is 1.53. The molecule has 0 bridgehead atoms. The van der Waals surface area contributed by atoms with Crippen molar-refractivity contribution in [2.45, 2.75) is 13.3 Å². The van der Waals surface area contributed by atoms with Crippen molar-refractivity contribution < 1.29 is 4.74 Å². The van der Waals surface area contributed by atoms with Crippen LogP contribution in [0, 0.1) is 0 Å². The fourth-order valence-corrected chi connectivity index (χ4v) is 2.12. The lowest BCUT2D eigenvalue weighted by molar-refractivity contribution is 0.464. The highest BCUT2D eigenvalue weighted by Crippen LogP contribution is 2.30. The molecular weight excluding hydrogens is 288 g/mol. The number of rotatable bonds is 5. The molecule has 0 spiro atoms. The van der Waals surface area contributed by atoms with Crippen LogP contribution >= 0.6 is 0 Å². The lowest BCUT2D eigenvalue weighted by Gasteiger charge is -2.12. The molecule has 5 heteroatoms. The Labute approximate surface area is 135 Å². The first kappa shape index (κ1) is 14.8.